The van der Waals surface area contributed by atoms with E-state index in [1.165, 1.54) is 0 Å². The highest BCUT2D eigenvalue weighted by Gasteiger charge is 2.00. The number of carbonyl (C=O) groups is 1. The number of amides is 1. The van der Waals surface area contributed by atoms with E-state index in [1.807, 2.05) is 19.2 Å². The zero-order valence-electron chi connectivity index (χ0n) is 7.79. The van der Waals surface area contributed by atoms with Gasteiger partial charge in [-0.15, -0.1) is 0 Å². The maximum atomic E-state index is 10.4. The summed E-state index contributed by atoms with van der Waals surface area (Å²) in [6, 6.07) is 0. The van der Waals surface area contributed by atoms with Crippen LogP contribution in [0.5, 0.6) is 0 Å². The van der Waals surface area contributed by atoms with Gasteiger partial charge in [-0.3, -0.25) is 9.79 Å². The normalized spacial score (nSPS) is 17.0. The summed E-state index contributed by atoms with van der Waals surface area (Å²) >= 11 is 0. The third-order valence-electron chi connectivity index (χ3n) is 1.88. The van der Waals surface area contributed by atoms with Gasteiger partial charge in [0.25, 0.3) is 0 Å². The van der Waals surface area contributed by atoms with Crippen molar-refractivity contribution in [3.63, 3.8) is 0 Å². The average Bonchev–Trinajstić information content (AvgIpc) is 2.08. The number of carbonyl (C=O) groups excluding carboxylic acids is 1. The van der Waals surface area contributed by atoms with Gasteiger partial charge >= 0.3 is 0 Å². The Morgan fingerprint density at radius 3 is 3.00 bits per heavy atom. The van der Waals surface area contributed by atoms with Gasteiger partial charge in [0, 0.05) is 18.3 Å². The molecule has 1 aliphatic heterocycles. The van der Waals surface area contributed by atoms with Crippen LogP contribution >= 0.6 is 0 Å². The van der Waals surface area contributed by atoms with Crippen molar-refractivity contribution in [2.45, 2.75) is 26.2 Å². The van der Waals surface area contributed by atoms with Crippen LogP contribution in [0.15, 0.2) is 28.9 Å². The van der Waals surface area contributed by atoms with Gasteiger partial charge < -0.3 is 5.73 Å². The van der Waals surface area contributed by atoms with E-state index in [-0.39, 0.29) is 5.91 Å². The maximum absolute atomic E-state index is 10.4. The van der Waals surface area contributed by atoms with E-state index in [4.69, 9.17) is 5.73 Å². The molecule has 3 heteroatoms. The van der Waals surface area contributed by atoms with Gasteiger partial charge in [0.05, 0.1) is 0 Å². The number of hydrogen-bond acceptors (Lipinski definition) is 2. The van der Waals surface area contributed by atoms with Gasteiger partial charge in [0.2, 0.25) is 5.91 Å². The van der Waals surface area contributed by atoms with Crippen molar-refractivity contribution in [3.05, 3.63) is 23.9 Å². The van der Waals surface area contributed by atoms with Gasteiger partial charge in [0.1, 0.15) is 0 Å². The van der Waals surface area contributed by atoms with E-state index >= 15 is 0 Å². The van der Waals surface area contributed by atoms with Crippen molar-refractivity contribution < 1.29 is 4.79 Å². The first-order chi connectivity index (χ1) is 6.18. The molecule has 0 bridgehead atoms. The Kier molecular flexibility index (Phi) is 3.43. The van der Waals surface area contributed by atoms with E-state index in [2.05, 4.69) is 4.99 Å². The molecule has 0 fully saturated rings. The Labute approximate surface area is 78.0 Å². The predicted octanol–water partition coefficient (Wildman–Crippen LogP) is 1.56. The number of nitrogens with zero attached hydrogens (tertiary/aromatic N) is 1. The number of nitrogens with two attached hydrogens (primary N) is 1. The Morgan fingerprint density at radius 2 is 2.46 bits per heavy atom. The number of hydrogen-bond donors (Lipinski definition) is 1. The molecule has 0 aromatic rings. The average molecular weight is 178 g/mol. The lowest BCUT2D eigenvalue weighted by Gasteiger charge is -2.06. The molecule has 1 amide bonds. The molecule has 1 aliphatic rings. The van der Waals surface area contributed by atoms with Crippen LogP contribution < -0.4 is 5.73 Å². The van der Waals surface area contributed by atoms with Gasteiger partial charge in [-0.1, -0.05) is 12.2 Å². The smallest absolute Gasteiger partial charge is 0.221 e. The van der Waals surface area contributed by atoms with E-state index in [0.717, 1.165) is 24.1 Å². The molecule has 0 aliphatic carbocycles. The van der Waals surface area contributed by atoms with Gasteiger partial charge in [-0.05, 0) is 25.3 Å². The highest BCUT2D eigenvalue weighted by atomic mass is 16.1. The first-order valence-corrected chi connectivity index (χ1v) is 4.35. The second kappa shape index (κ2) is 4.60. The molecule has 1 rings (SSSR count). The fraction of sp³-hybridized carbons (Fsp3) is 0.400. The van der Waals surface area contributed by atoms with Crippen LogP contribution in [0.4, 0.5) is 0 Å². The Morgan fingerprint density at radius 1 is 1.69 bits per heavy atom. The second-order valence-electron chi connectivity index (χ2n) is 3.14. The largest absolute Gasteiger partial charge is 0.369 e. The Hall–Kier alpha value is -1.38. The summed E-state index contributed by atoms with van der Waals surface area (Å²) in [4.78, 5) is 14.6. The van der Waals surface area contributed by atoms with Gasteiger partial charge in [-0.25, -0.2) is 0 Å². The molecule has 2 N–H and O–H groups in total. The first kappa shape index (κ1) is 9.71. The molecular formula is C10H14N2O. The van der Waals surface area contributed by atoms with Crippen molar-refractivity contribution >= 4 is 11.6 Å². The van der Waals surface area contributed by atoms with Crippen LogP contribution in [0.3, 0.4) is 0 Å². The lowest BCUT2D eigenvalue weighted by Crippen LogP contribution is -2.08. The quantitative estimate of drug-likeness (QED) is 0.700. The summed E-state index contributed by atoms with van der Waals surface area (Å²) in [5.41, 5.74) is 7.31. The minimum Gasteiger partial charge on any atom is -0.369 e. The van der Waals surface area contributed by atoms with E-state index in [1.54, 1.807) is 6.08 Å². The molecule has 70 valence electrons. The molecule has 0 aromatic carbocycles. The molecule has 0 atom stereocenters. The molecule has 0 saturated carbocycles. The zero-order valence-corrected chi connectivity index (χ0v) is 7.79. The standard InChI is InChI=1S/C10H14N2O/c1-8-5-6-9(7-12-8)3-2-4-10(11)13/h2-3,7H,4-6H2,1H3,(H2,11,13)/b3-2+. The molecular weight excluding hydrogens is 164 g/mol. The monoisotopic (exact) mass is 178 g/mol. The summed E-state index contributed by atoms with van der Waals surface area (Å²) < 4.78 is 0. The SMILES string of the molecule is CC1=NC=C(/C=C/CC(N)=O)CC1. The van der Waals surface area contributed by atoms with Crippen LogP contribution in [0.1, 0.15) is 26.2 Å². The van der Waals surface area contributed by atoms with E-state index in [0.29, 0.717) is 6.42 Å². The van der Waals surface area contributed by atoms with Crippen molar-refractivity contribution in [2.24, 2.45) is 10.7 Å². The highest BCUT2D eigenvalue weighted by molar-refractivity contribution is 5.83. The Bertz CT molecular complexity index is 287. The minimum atomic E-state index is -0.299. The third kappa shape index (κ3) is 3.69. The maximum Gasteiger partial charge on any atom is 0.221 e. The molecule has 0 spiro atoms. The summed E-state index contributed by atoms with van der Waals surface area (Å²) in [5, 5.41) is 0. The molecule has 0 aromatic heterocycles. The Balaban J connectivity index is 2.46. The van der Waals surface area contributed by atoms with Crippen LogP contribution in [-0.4, -0.2) is 11.6 Å². The zero-order chi connectivity index (χ0) is 9.68. The van der Waals surface area contributed by atoms with Crippen molar-refractivity contribution in [1.82, 2.24) is 0 Å². The molecule has 13 heavy (non-hydrogen) atoms. The second-order valence-corrected chi connectivity index (χ2v) is 3.14. The topological polar surface area (TPSA) is 55.4 Å². The summed E-state index contributed by atoms with van der Waals surface area (Å²) in [7, 11) is 0. The van der Waals surface area contributed by atoms with E-state index < -0.39 is 0 Å². The van der Waals surface area contributed by atoms with Gasteiger partial charge in [0.15, 0.2) is 0 Å². The van der Waals surface area contributed by atoms with Crippen LogP contribution in [0.2, 0.25) is 0 Å². The fourth-order valence-electron chi connectivity index (χ4n) is 1.10. The van der Waals surface area contributed by atoms with Crippen molar-refractivity contribution in [2.75, 3.05) is 0 Å². The predicted molar refractivity (Wildman–Crippen MR) is 53.4 cm³/mol. The first-order valence-electron chi connectivity index (χ1n) is 4.35. The molecule has 1 heterocycles. The van der Waals surface area contributed by atoms with Crippen molar-refractivity contribution in [3.8, 4) is 0 Å². The summed E-state index contributed by atoms with van der Waals surface area (Å²) in [5.74, 6) is -0.299. The number of aliphatic imine (C=N–C) groups is 1. The number of primary amides is 1. The molecule has 0 radical (unpaired) electrons. The van der Waals surface area contributed by atoms with Crippen LogP contribution in [0.25, 0.3) is 0 Å². The minimum absolute atomic E-state index is 0.299. The fourth-order valence-corrected chi connectivity index (χ4v) is 1.10. The lowest BCUT2D eigenvalue weighted by atomic mass is 10.1. The molecule has 0 saturated heterocycles. The highest BCUT2D eigenvalue weighted by Crippen LogP contribution is 2.13. The third-order valence-corrected chi connectivity index (χ3v) is 1.88. The molecule has 3 nitrogen and oxygen atoms in total. The van der Waals surface area contributed by atoms with Crippen LogP contribution in [0, 0.1) is 0 Å². The van der Waals surface area contributed by atoms with E-state index in [9.17, 15) is 4.79 Å². The molecule has 0 unspecified atom stereocenters. The van der Waals surface area contributed by atoms with Crippen molar-refractivity contribution in [1.29, 1.82) is 0 Å². The number of rotatable bonds is 3. The number of allylic oxidation sites excluding steroid dienone is 2. The lowest BCUT2D eigenvalue weighted by molar-refractivity contribution is -0.117. The van der Waals surface area contributed by atoms with Gasteiger partial charge in [-0.2, -0.15) is 0 Å². The van der Waals surface area contributed by atoms with Crippen LogP contribution in [-0.2, 0) is 4.79 Å². The summed E-state index contributed by atoms with van der Waals surface area (Å²) in [6.45, 7) is 2.01. The summed E-state index contributed by atoms with van der Waals surface area (Å²) in [6.07, 6.45) is 7.86.